The van der Waals surface area contributed by atoms with Gasteiger partial charge in [0.25, 0.3) is 0 Å². The molecule has 0 unspecified atom stereocenters. The van der Waals surface area contributed by atoms with E-state index in [0.717, 1.165) is 5.56 Å². The predicted molar refractivity (Wildman–Crippen MR) is 161 cm³/mol. The second kappa shape index (κ2) is 14.0. The normalized spacial score (nSPS) is 14.7. The van der Waals surface area contributed by atoms with Crippen molar-refractivity contribution in [2.45, 2.75) is 0 Å². The van der Waals surface area contributed by atoms with Gasteiger partial charge in [-0.05, 0) is 48.0 Å². The number of fused-ring (bicyclic) bond motifs is 1. The van der Waals surface area contributed by atoms with E-state index in [1.807, 2.05) is 11.0 Å². The maximum absolute atomic E-state index is 13.4. The highest BCUT2D eigenvalue weighted by Crippen LogP contribution is 2.43. The van der Waals surface area contributed by atoms with E-state index in [9.17, 15) is 14.4 Å². The van der Waals surface area contributed by atoms with Gasteiger partial charge in [0.1, 0.15) is 13.2 Å². The van der Waals surface area contributed by atoms with Crippen molar-refractivity contribution < 1.29 is 42.8 Å². The van der Waals surface area contributed by atoms with Crippen LogP contribution in [0.2, 0.25) is 0 Å². The van der Waals surface area contributed by atoms with Gasteiger partial charge in [-0.25, -0.2) is 4.79 Å². The Morgan fingerprint density at radius 1 is 0.795 bits per heavy atom. The highest BCUT2D eigenvalue weighted by Gasteiger charge is 2.28. The highest BCUT2D eigenvalue weighted by atomic mass is 16.6. The molecule has 0 bridgehead atoms. The summed E-state index contributed by atoms with van der Waals surface area (Å²) in [6.45, 7) is 2.68. The number of esters is 1. The quantitative estimate of drug-likeness (QED) is 0.147. The molecule has 1 fully saturated rings. The summed E-state index contributed by atoms with van der Waals surface area (Å²) in [6.07, 6.45) is 3.21. The Morgan fingerprint density at radius 3 is 2.09 bits per heavy atom. The number of Topliss-reactive ketones (excluding diaryl/α,β-unsaturated/α-hetero) is 1. The number of ether oxygens (including phenoxy) is 6. The van der Waals surface area contributed by atoms with Crippen LogP contribution in [0.4, 0.5) is 0 Å². The molecule has 2 aliphatic heterocycles. The van der Waals surface area contributed by atoms with E-state index in [1.54, 1.807) is 59.5 Å². The summed E-state index contributed by atoms with van der Waals surface area (Å²) < 4.78 is 33.3. The smallest absolute Gasteiger partial charge is 0.343 e. The summed E-state index contributed by atoms with van der Waals surface area (Å²) in [7, 11) is 4.60. The minimum Gasteiger partial charge on any atom is -0.493 e. The molecular weight excluding hydrogens is 568 g/mol. The van der Waals surface area contributed by atoms with Crippen molar-refractivity contribution in [1.29, 1.82) is 0 Å². The molecule has 1 saturated heterocycles. The van der Waals surface area contributed by atoms with Gasteiger partial charge in [-0.1, -0.05) is 18.2 Å². The van der Waals surface area contributed by atoms with E-state index >= 15 is 0 Å². The zero-order valence-corrected chi connectivity index (χ0v) is 24.9. The first-order chi connectivity index (χ1) is 21.4. The van der Waals surface area contributed by atoms with E-state index < -0.39 is 5.97 Å². The highest BCUT2D eigenvalue weighted by molar-refractivity contribution is 6.02. The van der Waals surface area contributed by atoms with Gasteiger partial charge >= 0.3 is 5.97 Å². The van der Waals surface area contributed by atoms with Crippen molar-refractivity contribution in [3.05, 3.63) is 77.4 Å². The molecule has 2 aliphatic rings. The maximum Gasteiger partial charge on any atom is 0.343 e. The molecule has 5 rings (SSSR count). The molecule has 2 heterocycles. The Morgan fingerprint density at radius 2 is 1.45 bits per heavy atom. The van der Waals surface area contributed by atoms with E-state index in [4.69, 9.17) is 28.4 Å². The molecule has 0 aliphatic carbocycles. The van der Waals surface area contributed by atoms with Crippen LogP contribution < -0.4 is 28.4 Å². The molecule has 11 heteroatoms. The van der Waals surface area contributed by atoms with Gasteiger partial charge in [0.05, 0.1) is 39.0 Å². The van der Waals surface area contributed by atoms with Crippen LogP contribution >= 0.6 is 0 Å². The number of hydrogen-bond acceptors (Lipinski definition) is 10. The second-order valence-electron chi connectivity index (χ2n) is 10.0. The van der Waals surface area contributed by atoms with Crippen molar-refractivity contribution in [2.75, 3.05) is 67.3 Å². The standard InChI is InChI=1S/C33H34N2O9/c1-39-27-19-22(20-28(40-2)31(27)41-3)9-12-29(37)35-15-13-34(14-16-35)21-25(36)24-10-11-26(32-30(24)42-17-18-43-32)44-33(38)23-7-5-4-6-8-23/h4-12,19-20H,13-18,21H2,1-3H3. The molecule has 3 aromatic carbocycles. The molecule has 0 N–H and O–H groups in total. The van der Waals surface area contributed by atoms with Crippen LogP contribution in [0.1, 0.15) is 26.3 Å². The number of ketones is 1. The number of benzene rings is 3. The summed E-state index contributed by atoms with van der Waals surface area (Å²) >= 11 is 0. The average Bonchev–Trinajstić information content (AvgIpc) is 3.07. The van der Waals surface area contributed by atoms with Gasteiger partial charge in [-0.3, -0.25) is 14.5 Å². The van der Waals surface area contributed by atoms with Crippen molar-refractivity contribution in [1.82, 2.24) is 9.80 Å². The molecule has 11 nitrogen and oxygen atoms in total. The van der Waals surface area contributed by atoms with Gasteiger partial charge in [-0.2, -0.15) is 0 Å². The topological polar surface area (TPSA) is 113 Å². The van der Waals surface area contributed by atoms with Gasteiger partial charge in [0, 0.05) is 32.3 Å². The summed E-state index contributed by atoms with van der Waals surface area (Å²) in [5.74, 6) is 1.34. The van der Waals surface area contributed by atoms with Gasteiger partial charge in [0.15, 0.2) is 28.8 Å². The number of rotatable bonds is 10. The third-order valence-corrected chi connectivity index (χ3v) is 7.32. The fourth-order valence-corrected chi connectivity index (χ4v) is 5.03. The largest absolute Gasteiger partial charge is 0.493 e. The molecule has 3 aromatic rings. The fraction of sp³-hybridized carbons (Fsp3) is 0.303. The molecular formula is C33H34N2O9. The predicted octanol–water partition coefficient (Wildman–Crippen LogP) is 3.74. The van der Waals surface area contributed by atoms with Crippen LogP contribution in [-0.2, 0) is 4.79 Å². The third-order valence-electron chi connectivity index (χ3n) is 7.32. The zero-order chi connectivity index (χ0) is 31.1. The number of carbonyl (C=O) groups is 3. The third kappa shape index (κ3) is 6.78. The Hall–Kier alpha value is -5.03. The lowest BCUT2D eigenvalue weighted by atomic mass is 10.1. The van der Waals surface area contributed by atoms with Gasteiger partial charge in [0.2, 0.25) is 17.4 Å². The monoisotopic (exact) mass is 602 g/mol. The Bertz CT molecular complexity index is 1520. The number of nitrogens with zero attached hydrogens (tertiary/aromatic N) is 2. The van der Waals surface area contributed by atoms with E-state index in [-0.39, 0.29) is 48.7 Å². The lowest BCUT2D eigenvalue weighted by Crippen LogP contribution is -2.49. The zero-order valence-electron chi connectivity index (χ0n) is 24.9. The second-order valence-corrected chi connectivity index (χ2v) is 10.0. The van der Waals surface area contributed by atoms with E-state index in [1.165, 1.54) is 27.4 Å². The van der Waals surface area contributed by atoms with E-state index in [0.29, 0.717) is 54.6 Å². The van der Waals surface area contributed by atoms with Crippen LogP contribution in [0, 0.1) is 0 Å². The first kappa shape index (κ1) is 30.4. The Balaban J connectivity index is 1.19. The maximum atomic E-state index is 13.4. The average molecular weight is 603 g/mol. The number of carbonyl (C=O) groups excluding carboxylic acids is 3. The SMILES string of the molecule is COc1cc(C=CC(=O)N2CCN(CC(=O)c3ccc(OC(=O)c4ccccc4)c4c3OCCO4)CC2)cc(OC)c1OC. The minimum absolute atomic E-state index is 0.134. The van der Waals surface area contributed by atoms with Crippen LogP contribution in [0.5, 0.6) is 34.5 Å². The first-order valence-corrected chi connectivity index (χ1v) is 14.1. The number of piperazine rings is 1. The lowest BCUT2D eigenvalue weighted by Gasteiger charge is -2.34. The summed E-state index contributed by atoms with van der Waals surface area (Å²) in [5, 5.41) is 0. The summed E-state index contributed by atoms with van der Waals surface area (Å²) in [4.78, 5) is 42.6. The van der Waals surface area contributed by atoms with Crippen molar-refractivity contribution >= 4 is 23.7 Å². The van der Waals surface area contributed by atoms with Crippen molar-refractivity contribution in [3.63, 3.8) is 0 Å². The lowest BCUT2D eigenvalue weighted by molar-refractivity contribution is -0.127. The summed E-state index contributed by atoms with van der Waals surface area (Å²) in [5.41, 5.74) is 1.48. The molecule has 1 amide bonds. The van der Waals surface area contributed by atoms with Crippen LogP contribution in [0.15, 0.2) is 60.7 Å². The molecule has 0 radical (unpaired) electrons. The molecule has 44 heavy (non-hydrogen) atoms. The number of amides is 1. The molecule has 230 valence electrons. The van der Waals surface area contributed by atoms with Gasteiger partial charge < -0.3 is 33.3 Å². The fourth-order valence-electron chi connectivity index (χ4n) is 5.03. The first-order valence-electron chi connectivity index (χ1n) is 14.1. The van der Waals surface area contributed by atoms with Crippen LogP contribution in [0.3, 0.4) is 0 Å². The van der Waals surface area contributed by atoms with E-state index in [2.05, 4.69) is 0 Å². The number of methoxy groups -OCH3 is 3. The summed E-state index contributed by atoms with van der Waals surface area (Å²) in [6, 6.07) is 15.3. The number of hydrogen-bond donors (Lipinski definition) is 0. The molecule has 0 atom stereocenters. The molecule has 0 aromatic heterocycles. The Labute approximate surface area is 255 Å². The molecule has 0 saturated carbocycles. The van der Waals surface area contributed by atoms with Crippen LogP contribution in [0.25, 0.3) is 6.08 Å². The van der Waals surface area contributed by atoms with Crippen LogP contribution in [-0.4, -0.2) is 94.7 Å². The Kier molecular flexibility index (Phi) is 9.65. The molecule has 0 spiro atoms. The van der Waals surface area contributed by atoms with Crippen molar-refractivity contribution in [2.24, 2.45) is 0 Å². The van der Waals surface area contributed by atoms with Crippen molar-refractivity contribution in [3.8, 4) is 34.5 Å². The minimum atomic E-state index is -0.535. The van der Waals surface area contributed by atoms with Gasteiger partial charge in [-0.15, -0.1) is 0 Å².